The van der Waals surface area contributed by atoms with Crippen molar-refractivity contribution in [2.24, 2.45) is 0 Å². The van der Waals surface area contributed by atoms with E-state index in [0.29, 0.717) is 11.3 Å². The summed E-state index contributed by atoms with van der Waals surface area (Å²) in [5, 5.41) is 82.4. The fourth-order valence-electron chi connectivity index (χ4n) is 5.17. The van der Waals surface area contributed by atoms with E-state index in [9.17, 15) is 45.6 Å². The van der Waals surface area contributed by atoms with Gasteiger partial charge in [0.25, 0.3) is 0 Å². The maximum atomic E-state index is 13.2. The second-order valence-electron chi connectivity index (χ2n) is 10.5. The van der Waals surface area contributed by atoms with E-state index in [-0.39, 0.29) is 22.5 Å². The average molecular weight is 639 g/mol. The summed E-state index contributed by atoms with van der Waals surface area (Å²) in [5.74, 6) is -0.608. The van der Waals surface area contributed by atoms with E-state index in [2.05, 4.69) is 0 Å². The second kappa shape index (κ2) is 13.4. The van der Waals surface area contributed by atoms with Gasteiger partial charge in [-0.2, -0.15) is 0 Å². The third-order valence-electron chi connectivity index (χ3n) is 7.71. The van der Waals surface area contributed by atoms with Gasteiger partial charge in [-0.1, -0.05) is 0 Å². The lowest BCUT2D eigenvalue weighted by atomic mass is 9.97. The first-order valence-electron chi connectivity index (χ1n) is 13.8. The van der Waals surface area contributed by atoms with Crippen LogP contribution in [0.5, 0.6) is 23.0 Å². The Kier molecular flexibility index (Phi) is 9.80. The molecule has 1 aromatic heterocycles. The minimum absolute atomic E-state index is 0.0719. The largest absolute Gasteiger partial charge is 0.504 e. The molecular weight excluding hydrogens is 604 g/mol. The highest BCUT2D eigenvalue weighted by Gasteiger charge is 2.51. The molecular formula is C29H34O16. The van der Waals surface area contributed by atoms with Crippen LogP contribution in [0.1, 0.15) is 0 Å². The molecule has 3 aromatic rings. The van der Waals surface area contributed by atoms with Crippen LogP contribution in [0.2, 0.25) is 0 Å². The SMILES string of the molecule is COc1ccc(-c2cc(=O)c3c(O)c(OC4OC(CO)C(O)C(O)C4OC4OC(CO)C(O)C(O)C4O)c(OC)cc3o2)cc1. The van der Waals surface area contributed by atoms with Crippen LogP contribution in [0, 0.1) is 0 Å². The van der Waals surface area contributed by atoms with Crippen molar-refractivity contribution in [1.29, 1.82) is 0 Å². The lowest BCUT2D eigenvalue weighted by Crippen LogP contribution is -2.65. The molecule has 10 unspecified atom stereocenters. The predicted molar refractivity (Wildman–Crippen MR) is 150 cm³/mol. The summed E-state index contributed by atoms with van der Waals surface area (Å²) < 4.78 is 38.9. The first-order chi connectivity index (χ1) is 21.5. The smallest absolute Gasteiger partial charge is 0.230 e. The number of methoxy groups -OCH3 is 2. The number of phenols is 1. The van der Waals surface area contributed by atoms with Crippen molar-refractivity contribution in [2.45, 2.75) is 61.4 Å². The Bertz CT molecular complexity index is 1520. The van der Waals surface area contributed by atoms with Crippen LogP contribution in [0.25, 0.3) is 22.3 Å². The van der Waals surface area contributed by atoms with Gasteiger partial charge < -0.3 is 73.7 Å². The summed E-state index contributed by atoms with van der Waals surface area (Å²) >= 11 is 0. The van der Waals surface area contributed by atoms with Gasteiger partial charge in [-0.25, -0.2) is 0 Å². The third-order valence-corrected chi connectivity index (χ3v) is 7.71. The monoisotopic (exact) mass is 638 g/mol. The molecule has 2 aliphatic heterocycles. The van der Waals surface area contributed by atoms with Crippen molar-refractivity contribution in [3.8, 4) is 34.3 Å². The van der Waals surface area contributed by atoms with E-state index in [0.717, 1.165) is 6.07 Å². The van der Waals surface area contributed by atoms with Crippen molar-refractivity contribution in [2.75, 3.05) is 27.4 Å². The van der Waals surface area contributed by atoms with E-state index >= 15 is 0 Å². The van der Waals surface area contributed by atoms with Crippen LogP contribution in [-0.2, 0) is 14.2 Å². The van der Waals surface area contributed by atoms with Crippen molar-refractivity contribution < 1.29 is 73.7 Å². The topological polar surface area (TPSA) is 247 Å². The van der Waals surface area contributed by atoms with E-state index in [1.807, 2.05) is 0 Å². The Morgan fingerprint density at radius 3 is 2.00 bits per heavy atom. The maximum Gasteiger partial charge on any atom is 0.230 e. The van der Waals surface area contributed by atoms with Gasteiger partial charge in [0.2, 0.25) is 12.0 Å². The average Bonchev–Trinajstić information content (AvgIpc) is 3.04. The Morgan fingerprint density at radius 1 is 0.778 bits per heavy atom. The van der Waals surface area contributed by atoms with Gasteiger partial charge in [0.1, 0.15) is 65.2 Å². The van der Waals surface area contributed by atoms with Crippen molar-refractivity contribution in [3.05, 3.63) is 46.6 Å². The fourth-order valence-corrected chi connectivity index (χ4v) is 5.17. The van der Waals surface area contributed by atoms with Crippen LogP contribution < -0.4 is 19.6 Å². The van der Waals surface area contributed by atoms with Crippen LogP contribution in [-0.4, -0.2) is 130 Å². The molecule has 2 aromatic carbocycles. The van der Waals surface area contributed by atoms with Crippen molar-refractivity contribution >= 4 is 11.0 Å². The number of fused-ring (bicyclic) bond motifs is 1. The van der Waals surface area contributed by atoms with Gasteiger partial charge in [-0.3, -0.25) is 4.79 Å². The zero-order valence-electron chi connectivity index (χ0n) is 24.0. The quantitative estimate of drug-likeness (QED) is 0.129. The number of aliphatic hydroxyl groups excluding tert-OH is 7. The highest BCUT2D eigenvalue weighted by atomic mass is 16.8. The molecule has 0 saturated carbocycles. The van der Waals surface area contributed by atoms with Crippen molar-refractivity contribution in [1.82, 2.24) is 0 Å². The molecule has 2 fully saturated rings. The zero-order chi connectivity index (χ0) is 32.6. The van der Waals surface area contributed by atoms with Gasteiger partial charge in [-0.05, 0) is 24.3 Å². The molecule has 246 valence electrons. The van der Waals surface area contributed by atoms with Crippen LogP contribution in [0.4, 0.5) is 0 Å². The molecule has 2 aliphatic rings. The molecule has 16 nitrogen and oxygen atoms in total. The molecule has 0 bridgehead atoms. The van der Waals surface area contributed by atoms with Crippen molar-refractivity contribution in [3.63, 3.8) is 0 Å². The molecule has 16 heteroatoms. The molecule has 0 radical (unpaired) electrons. The number of benzene rings is 2. The summed E-state index contributed by atoms with van der Waals surface area (Å²) in [7, 11) is 2.74. The normalized spacial score (nSPS) is 31.9. The molecule has 5 rings (SSSR count). The van der Waals surface area contributed by atoms with Crippen LogP contribution in [0.3, 0.4) is 0 Å². The first kappa shape index (κ1) is 32.8. The molecule has 10 atom stereocenters. The molecule has 2 saturated heterocycles. The van der Waals surface area contributed by atoms with Gasteiger partial charge in [0, 0.05) is 17.7 Å². The lowest BCUT2D eigenvalue weighted by molar-refractivity contribution is -0.358. The number of phenolic OH excluding ortho intramolecular Hbond substituents is 1. The van der Waals surface area contributed by atoms with Gasteiger partial charge in [0.05, 0.1) is 27.4 Å². The predicted octanol–water partition coefficient (Wildman–Crippen LogP) is -1.81. The molecule has 0 aliphatic carbocycles. The van der Waals surface area contributed by atoms with Crippen LogP contribution >= 0.6 is 0 Å². The van der Waals surface area contributed by atoms with E-state index in [1.54, 1.807) is 24.3 Å². The van der Waals surface area contributed by atoms with E-state index in [4.69, 9.17) is 32.8 Å². The Morgan fingerprint density at radius 2 is 1.40 bits per heavy atom. The highest BCUT2D eigenvalue weighted by molar-refractivity contribution is 5.89. The zero-order valence-corrected chi connectivity index (χ0v) is 24.0. The number of aliphatic hydroxyl groups is 7. The minimum atomic E-state index is -1.89. The fraction of sp³-hybridized carbons (Fsp3) is 0.483. The molecule has 3 heterocycles. The first-order valence-corrected chi connectivity index (χ1v) is 13.8. The van der Waals surface area contributed by atoms with Crippen LogP contribution in [0.15, 0.2) is 45.6 Å². The number of hydrogen-bond acceptors (Lipinski definition) is 16. The van der Waals surface area contributed by atoms with Gasteiger partial charge in [0.15, 0.2) is 29.3 Å². The number of hydrogen-bond donors (Lipinski definition) is 8. The highest BCUT2D eigenvalue weighted by Crippen LogP contribution is 2.44. The summed E-state index contributed by atoms with van der Waals surface area (Å²) in [4.78, 5) is 13.2. The number of rotatable bonds is 9. The number of ether oxygens (including phenoxy) is 6. The van der Waals surface area contributed by atoms with E-state index in [1.165, 1.54) is 20.3 Å². The summed E-state index contributed by atoms with van der Waals surface area (Å²) in [5.41, 5.74) is -0.188. The Balaban J connectivity index is 1.51. The standard InChI is InChI=1S/C29H34O16/c1-39-12-5-3-11(4-6-12)14-7-13(32)19-15(41-14)8-16(40-2)26(22(19)35)44-29-27(24(37)21(34)18(10-31)43-29)45-28-25(38)23(36)20(33)17(9-30)42-28/h3-8,17-18,20-21,23-25,27-31,33-38H,9-10H2,1-2H3. The molecule has 8 N–H and O–H groups in total. The molecule has 45 heavy (non-hydrogen) atoms. The molecule has 0 amide bonds. The minimum Gasteiger partial charge on any atom is -0.504 e. The third kappa shape index (κ3) is 6.17. The lowest BCUT2D eigenvalue weighted by Gasteiger charge is -2.45. The van der Waals surface area contributed by atoms with Gasteiger partial charge in [-0.15, -0.1) is 0 Å². The maximum absolute atomic E-state index is 13.2. The summed E-state index contributed by atoms with van der Waals surface area (Å²) in [6, 6.07) is 9.11. The Hall–Kier alpha value is -3.55. The number of aromatic hydroxyl groups is 1. The van der Waals surface area contributed by atoms with E-state index < -0.39 is 91.6 Å². The summed E-state index contributed by atoms with van der Waals surface area (Å²) in [6.07, 6.45) is -17.2. The second-order valence-corrected chi connectivity index (χ2v) is 10.5. The molecule has 0 spiro atoms. The Labute approximate surface area is 254 Å². The summed E-state index contributed by atoms with van der Waals surface area (Å²) in [6.45, 7) is -1.56. The van der Waals surface area contributed by atoms with Gasteiger partial charge >= 0.3 is 0 Å².